The molecule has 1 saturated heterocycles. The molecule has 2 aromatic rings. The number of aromatic nitrogens is 2. The lowest BCUT2D eigenvalue weighted by atomic mass is 10.00. The first-order valence-corrected chi connectivity index (χ1v) is 13.9. The Balaban J connectivity index is 1.56. The summed E-state index contributed by atoms with van der Waals surface area (Å²) in [6.45, 7) is 2.74. The first kappa shape index (κ1) is 30.2. The molecule has 220 valence electrons. The number of hydrogen-bond acceptors (Lipinski definition) is 12. The average molecular weight is 593 g/mol. The number of azide groups is 1. The molecular formula is C24H29N6O10P. The van der Waals surface area contributed by atoms with E-state index in [2.05, 4.69) is 14.8 Å². The van der Waals surface area contributed by atoms with Crippen molar-refractivity contribution in [2.24, 2.45) is 9.86 Å². The molecule has 0 radical (unpaired) electrons. The zero-order chi connectivity index (χ0) is 29.8. The highest BCUT2D eigenvalue weighted by Crippen LogP contribution is 2.42. The molecule has 0 amide bonds. The van der Waals surface area contributed by atoms with Crippen LogP contribution in [0.2, 0.25) is 0 Å². The number of H-pyrrole nitrogens is 1. The van der Waals surface area contributed by atoms with Crippen LogP contribution in [-0.4, -0.2) is 61.9 Å². The fraction of sp³-hybridized carbons (Fsp3) is 0.542. The summed E-state index contributed by atoms with van der Waals surface area (Å²) in [6, 6.07) is 6.99. The number of aliphatic hydroxyl groups excluding tert-OH is 2. The largest absolute Gasteiger partial charge is 0.575 e. The minimum atomic E-state index is -2.77. The Bertz CT molecular complexity index is 1470. The lowest BCUT2D eigenvalue weighted by Crippen LogP contribution is -2.46. The van der Waals surface area contributed by atoms with Gasteiger partial charge in [0, 0.05) is 17.2 Å². The highest BCUT2D eigenvalue weighted by Gasteiger charge is 2.56. The minimum absolute atomic E-state index is 0.0151. The molecule has 0 spiro atoms. The number of hydrogen-bond donors (Lipinski definition) is 3. The van der Waals surface area contributed by atoms with Crippen LogP contribution in [0, 0.1) is 0 Å². The fourth-order valence-corrected chi connectivity index (χ4v) is 5.60. The molecule has 3 N–H and O–H groups in total. The van der Waals surface area contributed by atoms with Gasteiger partial charge in [-0.1, -0.05) is 34.8 Å². The van der Waals surface area contributed by atoms with E-state index in [1.165, 1.54) is 12.1 Å². The SMILES string of the molecule is CC(C)OC(=O)C1(N=[P+]([O-])Oc2ccccc2OC[C@@]2(N=[N+]=[N-])O[C@@H](n3ccc(=O)[nH]c3=O)[C@H](O)[C@@H]2O)CCCC1. The van der Waals surface area contributed by atoms with Gasteiger partial charge in [-0.15, -0.1) is 0 Å². The molecule has 2 heterocycles. The van der Waals surface area contributed by atoms with Gasteiger partial charge in [0.1, 0.15) is 18.8 Å². The summed E-state index contributed by atoms with van der Waals surface area (Å²) in [7, 11) is -2.77. The van der Waals surface area contributed by atoms with Crippen LogP contribution in [0.3, 0.4) is 0 Å². The fourth-order valence-electron chi connectivity index (χ4n) is 4.64. The molecule has 1 aromatic carbocycles. The highest BCUT2D eigenvalue weighted by molar-refractivity contribution is 7.34. The van der Waals surface area contributed by atoms with Crippen LogP contribution >= 0.6 is 8.17 Å². The second kappa shape index (κ2) is 12.4. The molecule has 41 heavy (non-hydrogen) atoms. The average Bonchev–Trinajstić information content (AvgIpc) is 3.48. The molecule has 1 aliphatic heterocycles. The third kappa shape index (κ3) is 6.43. The van der Waals surface area contributed by atoms with Gasteiger partial charge >= 0.3 is 19.8 Å². The molecule has 1 aromatic heterocycles. The van der Waals surface area contributed by atoms with Crippen LogP contribution in [0.1, 0.15) is 45.8 Å². The number of ether oxygens (including phenoxy) is 3. The molecule has 4 rings (SSSR count). The van der Waals surface area contributed by atoms with E-state index in [0.717, 1.165) is 16.8 Å². The lowest BCUT2D eigenvalue weighted by molar-refractivity contribution is -0.171. The van der Waals surface area contributed by atoms with Crippen LogP contribution in [0.15, 0.2) is 56.0 Å². The maximum atomic E-state index is 13.0. The van der Waals surface area contributed by atoms with Gasteiger partial charge in [0.15, 0.2) is 12.0 Å². The molecule has 16 nitrogen and oxygen atoms in total. The van der Waals surface area contributed by atoms with Crippen molar-refractivity contribution in [3.63, 3.8) is 0 Å². The summed E-state index contributed by atoms with van der Waals surface area (Å²) in [5.74, 6) is -0.626. The number of esters is 1. The maximum absolute atomic E-state index is 13.0. The summed E-state index contributed by atoms with van der Waals surface area (Å²) >= 11 is 0. The van der Waals surface area contributed by atoms with Crippen molar-refractivity contribution in [3.05, 3.63) is 67.8 Å². The topological polar surface area (TPSA) is 233 Å². The van der Waals surface area contributed by atoms with E-state index in [4.69, 9.17) is 18.7 Å². The lowest BCUT2D eigenvalue weighted by Gasteiger charge is -2.26. The van der Waals surface area contributed by atoms with Crippen molar-refractivity contribution in [3.8, 4) is 11.5 Å². The third-order valence-electron chi connectivity index (χ3n) is 6.63. The van der Waals surface area contributed by atoms with E-state index in [-0.39, 0.29) is 17.6 Å². The Morgan fingerprint density at radius 2 is 1.95 bits per heavy atom. The van der Waals surface area contributed by atoms with Gasteiger partial charge in [-0.05, 0) is 44.4 Å². The summed E-state index contributed by atoms with van der Waals surface area (Å²) in [5.41, 5.74) is 4.04. The van der Waals surface area contributed by atoms with Crippen LogP contribution in [0.5, 0.6) is 11.5 Å². The Morgan fingerprint density at radius 3 is 2.59 bits per heavy atom. The summed E-state index contributed by atoms with van der Waals surface area (Å²) in [6.07, 6.45) is -2.34. The predicted octanol–water partition coefficient (Wildman–Crippen LogP) is 1.37. The number of nitrogens with zero attached hydrogens (tertiary/aromatic N) is 5. The third-order valence-corrected chi connectivity index (χ3v) is 7.53. The predicted molar refractivity (Wildman–Crippen MR) is 140 cm³/mol. The maximum Gasteiger partial charge on any atom is 0.395 e. The number of para-hydroxylation sites is 2. The summed E-state index contributed by atoms with van der Waals surface area (Å²) in [5, 5.41) is 24.9. The number of aliphatic hydroxyl groups is 2. The van der Waals surface area contributed by atoms with Crippen molar-refractivity contribution in [1.29, 1.82) is 0 Å². The van der Waals surface area contributed by atoms with E-state index in [1.807, 2.05) is 4.98 Å². The van der Waals surface area contributed by atoms with Crippen LogP contribution in [-0.2, 0) is 14.3 Å². The molecule has 0 bridgehead atoms. The number of carbonyl (C=O) groups is 1. The van der Waals surface area contributed by atoms with Crippen LogP contribution < -0.4 is 25.4 Å². The first-order chi connectivity index (χ1) is 19.5. The molecule has 2 fully saturated rings. The zero-order valence-electron chi connectivity index (χ0n) is 22.2. The van der Waals surface area contributed by atoms with Gasteiger partial charge in [-0.25, -0.2) is 9.59 Å². The van der Waals surface area contributed by atoms with Gasteiger partial charge in [-0.3, -0.25) is 18.9 Å². The first-order valence-electron chi connectivity index (χ1n) is 12.7. The minimum Gasteiger partial charge on any atom is -0.575 e. The Kier molecular flexibility index (Phi) is 9.12. The Labute approximate surface area is 233 Å². The van der Waals surface area contributed by atoms with Crippen molar-refractivity contribution < 1.29 is 38.6 Å². The second-order valence-electron chi connectivity index (χ2n) is 9.85. The Morgan fingerprint density at radius 1 is 1.27 bits per heavy atom. The van der Waals surface area contributed by atoms with E-state index in [0.29, 0.717) is 25.7 Å². The van der Waals surface area contributed by atoms with E-state index in [9.17, 15) is 35.0 Å². The second-order valence-corrected chi connectivity index (χ2v) is 10.7. The molecule has 1 aliphatic carbocycles. The summed E-state index contributed by atoms with van der Waals surface area (Å²) in [4.78, 5) is 54.1. The molecular weight excluding hydrogens is 563 g/mol. The molecule has 17 heteroatoms. The standard InChI is InChI=1S/C24H29N6O10P/c1-14(2)38-21(34)23(10-5-6-11-23)28-41(36)40-16-8-4-3-7-15(16)37-13-24(27-29-25)19(33)18(32)20(39-24)30-12-9-17(31)26-22(30)35/h3-4,7-9,12,14,18-20,32-33H,5-6,10-11,13H2,1-2H3,(H,26,31,35)/t18-,19+,20-,24-/m1/s1. The van der Waals surface area contributed by atoms with Crippen molar-refractivity contribution in [1.82, 2.24) is 9.55 Å². The number of aromatic amines is 1. The normalized spacial score (nSPS) is 25.5. The molecule has 5 atom stereocenters. The van der Waals surface area contributed by atoms with Gasteiger partial charge in [0.25, 0.3) is 5.56 Å². The van der Waals surface area contributed by atoms with Crippen molar-refractivity contribution in [2.45, 2.75) is 75.3 Å². The van der Waals surface area contributed by atoms with Crippen molar-refractivity contribution >= 4 is 14.1 Å². The van der Waals surface area contributed by atoms with Crippen molar-refractivity contribution in [2.75, 3.05) is 6.61 Å². The Hall–Kier alpha value is -3.78. The van der Waals surface area contributed by atoms with E-state index < -0.39 is 61.7 Å². The zero-order valence-corrected chi connectivity index (χ0v) is 23.0. The molecule has 1 saturated carbocycles. The number of rotatable bonds is 10. The number of benzene rings is 1. The molecule has 2 aliphatic rings. The van der Waals surface area contributed by atoms with Gasteiger partial charge in [-0.2, -0.15) is 0 Å². The smallest absolute Gasteiger partial charge is 0.395 e. The van der Waals surface area contributed by atoms with Gasteiger partial charge < -0.3 is 29.3 Å². The van der Waals surface area contributed by atoms with E-state index in [1.54, 1.807) is 26.0 Å². The molecule has 1 unspecified atom stereocenters. The van der Waals surface area contributed by atoms with Crippen LogP contribution in [0.25, 0.3) is 10.4 Å². The number of nitrogens with one attached hydrogen (secondary N) is 1. The number of carbonyl (C=O) groups excluding carboxylic acids is 1. The monoisotopic (exact) mass is 592 g/mol. The summed E-state index contributed by atoms with van der Waals surface area (Å²) < 4.78 is 27.3. The van der Waals surface area contributed by atoms with Gasteiger partial charge in [0.2, 0.25) is 17.0 Å². The van der Waals surface area contributed by atoms with Crippen LogP contribution in [0.4, 0.5) is 0 Å². The quantitative estimate of drug-likeness (QED) is 0.118. The van der Waals surface area contributed by atoms with Gasteiger partial charge in [0.05, 0.1) is 6.10 Å². The van der Waals surface area contributed by atoms with E-state index >= 15 is 0 Å². The highest BCUT2D eigenvalue weighted by atomic mass is 31.1.